The van der Waals surface area contributed by atoms with Gasteiger partial charge in [0, 0.05) is 11.1 Å². The summed E-state index contributed by atoms with van der Waals surface area (Å²) >= 11 is 0. The summed E-state index contributed by atoms with van der Waals surface area (Å²) in [6.07, 6.45) is 0. The molecule has 18 heavy (non-hydrogen) atoms. The summed E-state index contributed by atoms with van der Waals surface area (Å²) in [5.74, 6) is 4.79. The molecule has 2 aromatic rings. The van der Waals surface area contributed by atoms with Crippen LogP contribution in [-0.2, 0) is 0 Å². The zero-order valence-electron chi connectivity index (χ0n) is 10.0. The molecule has 0 radical (unpaired) electrons. The van der Waals surface area contributed by atoms with Crippen LogP contribution < -0.4 is 34.7 Å². The summed E-state index contributed by atoms with van der Waals surface area (Å²) in [4.78, 5) is 10.5. The van der Waals surface area contributed by atoms with E-state index in [1.54, 1.807) is 12.1 Å². The summed E-state index contributed by atoms with van der Waals surface area (Å²) in [6, 6.07) is 15.9. The average Bonchev–Trinajstić information content (AvgIpc) is 2.38. The number of hydrogen-bond donors (Lipinski definition) is 0. The molecule has 3 heteroatoms. The van der Waals surface area contributed by atoms with E-state index in [0.29, 0.717) is 0 Å². The first-order chi connectivity index (χ1) is 8.25. The van der Waals surface area contributed by atoms with Gasteiger partial charge >= 0.3 is 29.6 Å². The van der Waals surface area contributed by atoms with Crippen molar-refractivity contribution in [1.29, 1.82) is 0 Å². The average molecular weight is 244 g/mol. The third-order valence-electron chi connectivity index (χ3n) is 2.25. The van der Waals surface area contributed by atoms with Crippen molar-refractivity contribution >= 4 is 5.97 Å². The molecule has 0 bridgehead atoms. The van der Waals surface area contributed by atoms with Gasteiger partial charge < -0.3 is 9.90 Å². The Morgan fingerprint density at radius 3 is 1.83 bits per heavy atom. The van der Waals surface area contributed by atoms with Crippen LogP contribution in [-0.4, -0.2) is 5.97 Å². The molecule has 0 aliphatic heterocycles. The first kappa shape index (κ1) is 14.5. The van der Waals surface area contributed by atoms with Crippen LogP contribution in [0.2, 0.25) is 0 Å². The molecule has 2 rings (SSSR count). The third-order valence-corrected chi connectivity index (χ3v) is 2.25. The molecule has 0 saturated carbocycles. The fourth-order valence-corrected chi connectivity index (χ4v) is 1.36. The van der Waals surface area contributed by atoms with Crippen LogP contribution in [0.15, 0.2) is 54.6 Å². The molecule has 0 aliphatic rings. The number of benzene rings is 2. The van der Waals surface area contributed by atoms with Crippen molar-refractivity contribution in [3.05, 3.63) is 71.3 Å². The molecule has 2 nitrogen and oxygen atoms in total. The molecule has 0 saturated heterocycles. The van der Waals surface area contributed by atoms with Gasteiger partial charge in [0.1, 0.15) is 0 Å². The Balaban J connectivity index is 0.00000162. The summed E-state index contributed by atoms with van der Waals surface area (Å²) in [7, 11) is 0. The van der Waals surface area contributed by atoms with Gasteiger partial charge in [0.25, 0.3) is 0 Å². The summed E-state index contributed by atoms with van der Waals surface area (Å²) < 4.78 is 0. The Bertz CT molecular complexity index is 577. The van der Waals surface area contributed by atoms with Gasteiger partial charge in [0.05, 0.1) is 5.97 Å². The number of carboxylic acids is 1. The largest absolute Gasteiger partial charge is 1.00 e. The van der Waals surface area contributed by atoms with Crippen molar-refractivity contribution in [3.8, 4) is 11.8 Å². The molecule has 0 atom stereocenters. The Morgan fingerprint density at radius 1 is 0.833 bits per heavy atom. The van der Waals surface area contributed by atoms with Gasteiger partial charge in [-0.25, -0.2) is 0 Å². The number of carbonyl (C=O) groups excluding carboxylic acids is 1. The molecular formula is C15H9NaO2. The molecule has 82 valence electrons. The molecule has 0 heterocycles. The van der Waals surface area contributed by atoms with Gasteiger partial charge in [-0.2, -0.15) is 0 Å². The summed E-state index contributed by atoms with van der Waals surface area (Å²) in [5, 5.41) is 10.5. The molecular weight excluding hydrogens is 235 g/mol. The Hall–Kier alpha value is -1.53. The predicted octanol–water partition coefficient (Wildman–Crippen LogP) is -1.55. The maximum atomic E-state index is 10.5. The molecule has 0 fully saturated rings. The van der Waals surface area contributed by atoms with Crippen molar-refractivity contribution in [3.63, 3.8) is 0 Å². The molecule has 0 N–H and O–H groups in total. The van der Waals surface area contributed by atoms with E-state index in [9.17, 15) is 9.90 Å². The zero-order chi connectivity index (χ0) is 12.1. The molecule has 0 aliphatic carbocycles. The first-order valence-corrected chi connectivity index (χ1v) is 5.14. The van der Waals surface area contributed by atoms with E-state index in [0.717, 1.165) is 11.1 Å². The molecule has 0 unspecified atom stereocenters. The van der Waals surface area contributed by atoms with Crippen LogP contribution in [0.3, 0.4) is 0 Å². The van der Waals surface area contributed by atoms with Crippen LogP contribution in [0.25, 0.3) is 0 Å². The smallest absolute Gasteiger partial charge is 0.545 e. The molecule has 0 aromatic heterocycles. The van der Waals surface area contributed by atoms with Crippen LogP contribution in [0, 0.1) is 11.8 Å². The normalized spacial score (nSPS) is 8.67. The number of aromatic carboxylic acids is 1. The SMILES string of the molecule is O=C([O-])c1ccc(C#Cc2ccccc2)cc1.[Na+]. The minimum Gasteiger partial charge on any atom is -0.545 e. The molecule has 0 amide bonds. The van der Waals surface area contributed by atoms with Crippen LogP contribution in [0.1, 0.15) is 21.5 Å². The van der Waals surface area contributed by atoms with Crippen LogP contribution >= 0.6 is 0 Å². The van der Waals surface area contributed by atoms with Crippen molar-refractivity contribution in [2.75, 3.05) is 0 Å². The maximum Gasteiger partial charge on any atom is 1.00 e. The van der Waals surface area contributed by atoms with E-state index < -0.39 is 5.97 Å². The van der Waals surface area contributed by atoms with Gasteiger partial charge in [-0.1, -0.05) is 42.2 Å². The number of carboxylic acid groups (broad SMARTS) is 1. The van der Waals surface area contributed by atoms with Crippen molar-refractivity contribution < 1.29 is 39.5 Å². The minimum absolute atomic E-state index is 0. The van der Waals surface area contributed by atoms with Crippen molar-refractivity contribution in [2.24, 2.45) is 0 Å². The van der Waals surface area contributed by atoms with Crippen LogP contribution in [0.5, 0.6) is 0 Å². The van der Waals surface area contributed by atoms with E-state index in [2.05, 4.69) is 11.8 Å². The Labute approximate surface area is 128 Å². The third kappa shape index (κ3) is 4.05. The van der Waals surface area contributed by atoms with Gasteiger partial charge in [0.2, 0.25) is 0 Å². The fourth-order valence-electron chi connectivity index (χ4n) is 1.36. The number of carbonyl (C=O) groups is 1. The van der Waals surface area contributed by atoms with Crippen molar-refractivity contribution in [1.82, 2.24) is 0 Å². The summed E-state index contributed by atoms with van der Waals surface area (Å²) in [5.41, 5.74) is 1.87. The summed E-state index contributed by atoms with van der Waals surface area (Å²) in [6.45, 7) is 0. The van der Waals surface area contributed by atoms with E-state index in [4.69, 9.17) is 0 Å². The predicted molar refractivity (Wildman–Crippen MR) is 63.2 cm³/mol. The maximum absolute atomic E-state index is 10.5. The number of hydrogen-bond acceptors (Lipinski definition) is 2. The van der Waals surface area contributed by atoms with Crippen molar-refractivity contribution in [2.45, 2.75) is 0 Å². The van der Waals surface area contributed by atoms with E-state index in [1.165, 1.54) is 12.1 Å². The topological polar surface area (TPSA) is 40.1 Å². The van der Waals surface area contributed by atoms with E-state index in [1.807, 2.05) is 30.3 Å². The van der Waals surface area contributed by atoms with Gasteiger partial charge in [-0.05, 0) is 29.8 Å². The number of rotatable bonds is 1. The minimum atomic E-state index is -1.17. The monoisotopic (exact) mass is 244 g/mol. The Kier molecular flexibility index (Phi) is 5.67. The molecule has 2 aromatic carbocycles. The standard InChI is InChI=1S/C15H10O2.Na/c16-15(17)14-10-8-13(9-11-14)7-6-12-4-2-1-3-5-12;/h1-5,8-11H,(H,16,17);/q;+1/p-1. The van der Waals surface area contributed by atoms with Crippen LogP contribution in [0.4, 0.5) is 0 Å². The zero-order valence-corrected chi connectivity index (χ0v) is 12.0. The first-order valence-electron chi connectivity index (χ1n) is 5.14. The fraction of sp³-hybridized carbons (Fsp3) is 0. The van der Waals surface area contributed by atoms with E-state index >= 15 is 0 Å². The van der Waals surface area contributed by atoms with Gasteiger partial charge in [-0.15, -0.1) is 0 Å². The quantitative estimate of drug-likeness (QED) is 0.450. The second-order valence-corrected chi connectivity index (χ2v) is 3.48. The van der Waals surface area contributed by atoms with E-state index in [-0.39, 0.29) is 35.1 Å². The Morgan fingerprint density at radius 2 is 1.33 bits per heavy atom. The second kappa shape index (κ2) is 7.03. The second-order valence-electron chi connectivity index (χ2n) is 3.48. The van der Waals surface area contributed by atoms with Gasteiger partial charge in [-0.3, -0.25) is 0 Å². The molecule has 0 spiro atoms. The van der Waals surface area contributed by atoms with Gasteiger partial charge in [0.15, 0.2) is 0 Å².